The lowest BCUT2D eigenvalue weighted by Crippen LogP contribution is -2.43. The van der Waals surface area contributed by atoms with Gasteiger partial charge in [-0.1, -0.05) is 6.07 Å². The molecule has 0 aliphatic carbocycles. The highest BCUT2D eigenvalue weighted by atomic mass is 16.2. The van der Waals surface area contributed by atoms with Crippen LogP contribution in [0.2, 0.25) is 0 Å². The monoisotopic (exact) mass is 337 g/mol. The lowest BCUT2D eigenvalue weighted by Gasteiger charge is -2.33. The zero-order valence-corrected chi connectivity index (χ0v) is 14.0. The van der Waals surface area contributed by atoms with Crippen molar-refractivity contribution in [2.75, 3.05) is 13.1 Å². The molecule has 4 heterocycles. The summed E-state index contributed by atoms with van der Waals surface area (Å²) in [7, 11) is 0. The minimum atomic E-state index is -0.323. The number of aromatic nitrogens is 4. The molecule has 0 unspecified atom stereocenters. The maximum Gasteiger partial charge on any atom is 0.270 e. The summed E-state index contributed by atoms with van der Waals surface area (Å²) in [4.78, 5) is 35.8. The number of pyridine rings is 1. The number of carbonyl (C=O) groups is 1. The summed E-state index contributed by atoms with van der Waals surface area (Å²) in [6.07, 6.45) is 8.64. The molecule has 7 nitrogen and oxygen atoms in total. The SMILES string of the molecule is Cc1nccn1[C@H]1CCCN(C(=O)c2cnc3ccccn3c2=O)C1. The minimum absolute atomic E-state index is 0.117. The van der Waals surface area contributed by atoms with Gasteiger partial charge in [-0.2, -0.15) is 0 Å². The highest BCUT2D eigenvalue weighted by Gasteiger charge is 2.27. The molecule has 1 atom stereocenters. The van der Waals surface area contributed by atoms with Crippen LogP contribution in [0.5, 0.6) is 0 Å². The summed E-state index contributed by atoms with van der Waals surface area (Å²) < 4.78 is 3.51. The molecular formula is C18H19N5O2. The van der Waals surface area contributed by atoms with E-state index in [-0.39, 0.29) is 23.1 Å². The van der Waals surface area contributed by atoms with Gasteiger partial charge < -0.3 is 9.47 Å². The van der Waals surface area contributed by atoms with E-state index in [4.69, 9.17) is 0 Å². The fourth-order valence-electron chi connectivity index (χ4n) is 3.48. The quantitative estimate of drug-likeness (QED) is 0.713. The lowest BCUT2D eigenvalue weighted by molar-refractivity contribution is 0.0676. The van der Waals surface area contributed by atoms with Crippen LogP contribution in [-0.4, -0.2) is 42.8 Å². The molecule has 25 heavy (non-hydrogen) atoms. The number of piperidine rings is 1. The number of nitrogens with zero attached hydrogens (tertiary/aromatic N) is 5. The highest BCUT2D eigenvalue weighted by molar-refractivity contribution is 5.93. The number of imidazole rings is 1. The molecule has 0 spiro atoms. The molecule has 0 bridgehead atoms. The molecule has 1 aliphatic heterocycles. The van der Waals surface area contributed by atoms with Crippen LogP contribution in [-0.2, 0) is 0 Å². The summed E-state index contributed by atoms with van der Waals surface area (Å²) in [5.41, 5.74) is 0.331. The van der Waals surface area contributed by atoms with Crippen molar-refractivity contribution in [1.29, 1.82) is 0 Å². The van der Waals surface area contributed by atoms with Crippen molar-refractivity contribution in [2.45, 2.75) is 25.8 Å². The van der Waals surface area contributed by atoms with E-state index in [0.717, 1.165) is 18.7 Å². The zero-order valence-electron chi connectivity index (χ0n) is 14.0. The Bertz CT molecular complexity index is 990. The summed E-state index contributed by atoms with van der Waals surface area (Å²) in [6, 6.07) is 5.50. The smallest absolute Gasteiger partial charge is 0.270 e. The van der Waals surface area contributed by atoms with Crippen LogP contribution in [0, 0.1) is 6.92 Å². The standard InChI is InChI=1S/C18H19N5O2/c1-13-19-7-10-22(13)14-5-4-8-21(12-14)17(24)15-11-20-16-6-2-3-9-23(16)18(15)25/h2-3,6-7,9-11,14H,4-5,8,12H2,1H3/t14-/m0/s1. The van der Waals surface area contributed by atoms with Gasteiger partial charge in [0.1, 0.15) is 17.0 Å². The van der Waals surface area contributed by atoms with Crippen molar-refractivity contribution in [1.82, 2.24) is 23.8 Å². The van der Waals surface area contributed by atoms with Crippen LogP contribution in [0.15, 0.2) is 47.8 Å². The van der Waals surface area contributed by atoms with Crippen LogP contribution >= 0.6 is 0 Å². The largest absolute Gasteiger partial charge is 0.336 e. The molecule has 0 aromatic carbocycles. The molecule has 3 aromatic heterocycles. The molecule has 1 fully saturated rings. The molecule has 7 heteroatoms. The first-order chi connectivity index (χ1) is 12.1. The molecule has 3 aromatic rings. The normalized spacial score (nSPS) is 17.8. The number of amides is 1. The van der Waals surface area contributed by atoms with E-state index in [1.54, 1.807) is 29.4 Å². The number of hydrogen-bond donors (Lipinski definition) is 0. The first-order valence-corrected chi connectivity index (χ1v) is 8.40. The Labute approximate surface area is 144 Å². The highest BCUT2D eigenvalue weighted by Crippen LogP contribution is 2.23. The number of likely N-dealkylation sites (tertiary alicyclic amines) is 1. The van der Waals surface area contributed by atoms with Gasteiger partial charge in [-0.3, -0.25) is 14.0 Å². The van der Waals surface area contributed by atoms with Crippen LogP contribution in [0.4, 0.5) is 0 Å². The third-order valence-corrected chi connectivity index (χ3v) is 4.78. The van der Waals surface area contributed by atoms with Crippen LogP contribution in [0.3, 0.4) is 0 Å². The van der Waals surface area contributed by atoms with Gasteiger partial charge in [0.05, 0.1) is 6.04 Å². The maximum atomic E-state index is 12.9. The average Bonchev–Trinajstić information content (AvgIpc) is 3.08. The van der Waals surface area contributed by atoms with E-state index in [0.29, 0.717) is 18.7 Å². The Morgan fingerprint density at radius 3 is 2.92 bits per heavy atom. The van der Waals surface area contributed by atoms with Gasteiger partial charge in [-0.15, -0.1) is 0 Å². The summed E-state index contributed by atoms with van der Waals surface area (Å²) >= 11 is 0. The van der Waals surface area contributed by atoms with Crippen molar-refractivity contribution in [2.24, 2.45) is 0 Å². The van der Waals surface area contributed by atoms with Gasteiger partial charge in [0.15, 0.2) is 0 Å². The van der Waals surface area contributed by atoms with Gasteiger partial charge >= 0.3 is 0 Å². The molecule has 0 saturated carbocycles. The third-order valence-electron chi connectivity index (χ3n) is 4.78. The van der Waals surface area contributed by atoms with Gasteiger partial charge in [0.2, 0.25) is 0 Å². The fourth-order valence-corrected chi connectivity index (χ4v) is 3.48. The van der Waals surface area contributed by atoms with Crippen molar-refractivity contribution in [3.8, 4) is 0 Å². The Kier molecular flexibility index (Phi) is 3.83. The summed E-state index contributed by atoms with van der Waals surface area (Å²) in [6.45, 7) is 3.19. The van der Waals surface area contributed by atoms with Crippen molar-refractivity contribution < 1.29 is 4.79 Å². The molecule has 1 saturated heterocycles. The van der Waals surface area contributed by atoms with E-state index in [2.05, 4.69) is 14.5 Å². The van der Waals surface area contributed by atoms with Gasteiger partial charge in [0, 0.05) is 37.9 Å². The molecule has 0 N–H and O–H groups in total. The number of fused-ring (bicyclic) bond motifs is 1. The van der Waals surface area contributed by atoms with Gasteiger partial charge in [0.25, 0.3) is 11.5 Å². The van der Waals surface area contributed by atoms with Crippen molar-refractivity contribution in [3.05, 3.63) is 64.7 Å². The van der Waals surface area contributed by atoms with Crippen LogP contribution < -0.4 is 5.56 Å². The predicted octanol–water partition coefficient (Wildman–Crippen LogP) is 1.68. The lowest BCUT2D eigenvalue weighted by atomic mass is 10.0. The molecule has 1 amide bonds. The van der Waals surface area contributed by atoms with Crippen molar-refractivity contribution in [3.63, 3.8) is 0 Å². The number of rotatable bonds is 2. The van der Waals surface area contributed by atoms with E-state index in [1.165, 1.54) is 10.6 Å². The van der Waals surface area contributed by atoms with E-state index < -0.39 is 0 Å². The van der Waals surface area contributed by atoms with Gasteiger partial charge in [-0.05, 0) is 31.9 Å². The summed E-state index contributed by atoms with van der Waals surface area (Å²) in [5.74, 6) is 0.685. The predicted molar refractivity (Wildman–Crippen MR) is 92.6 cm³/mol. The Balaban J connectivity index is 1.64. The molecule has 1 aliphatic rings. The fraction of sp³-hybridized carbons (Fsp3) is 0.333. The maximum absolute atomic E-state index is 12.9. The number of aryl methyl sites for hydroxylation is 1. The first-order valence-electron chi connectivity index (χ1n) is 8.40. The second-order valence-corrected chi connectivity index (χ2v) is 6.33. The second kappa shape index (κ2) is 6.16. The third kappa shape index (κ3) is 2.71. The second-order valence-electron chi connectivity index (χ2n) is 6.33. The molecule has 128 valence electrons. The van der Waals surface area contributed by atoms with E-state index in [1.807, 2.05) is 19.2 Å². The molecule has 4 rings (SSSR count). The zero-order chi connectivity index (χ0) is 17.4. The average molecular weight is 337 g/mol. The molecule has 0 radical (unpaired) electrons. The van der Waals surface area contributed by atoms with Crippen LogP contribution in [0.1, 0.15) is 35.1 Å². The molecular weight excluding hydrogens is 318 g/mol. The van der Waals surface area contributed by atoms with E-state index in [9.17, 15) is 9.59 Å². The van der Waals surface area contributed by atoms with Crippen LogP contribution in [0.25, 0.3) is 5.65 Å². The Morgan fingerprint density at radius 1 is 1.24 bits per heavy atom. The van der Waals surface area contributed by atoms with E-state index >= 15 is 0 Å². The topological polar surface area (TPSA) is 72.5 Å². The van der Waals surface area contributed by atoms with Crippen molar-refractivity contribution >= 4 is 11.6 Å². The van der Waals surface area contributed by atoms with Gasteiger partial charge in [-0.25, -0.2) is 9.97 Å². The number of carbonyl (C=O) groups excluding carboxylic acids is 1. The number of hydrogen-bond acceptors (Lipinski definition) is 4. The summed E-state index contributed by atoms with van der Waals surface area (Å²) in [5, 5.41) is 0. The Morgan fingerprint density at radius 2 is 2.12 bits per heavy atom. The Hall–Kier alpha value is -2.96. The first kappa shape index (κ1) is 15.6. The minimum Gasteiger partial charge on any atom is -0.336 e.